The number of amides is 1. The highest BCUT2D eigenvalue weighted by molar-refractivity contribution is 7.80. The number of anilines is 2. The van der Waals surface area contributed by atoms with Gasteiger partial charge in [-0.15, -0.1) is 0 Å². The predicted octanol–water partition coefficient (Wildman–Crippen LogP) is 0.999. The second-order valence-electron chi connectivity index (χ2n) is 3.16. The molecule has 0 unspecified atom stereocenters. The summed E-state index contributed by atoms with van der Waals surface area (Å²) >= 11 is 4.36. The smallest absolute Gasteiger partial charge is 0.397 e. The zero-order valence-electron chi connectivity index (χ0n) is 8.86. The zero-order chi connectivity index (χ0) is 13.9. The van der Waals surface area contributed by atoms with Crippen LogP contribution in [-0.2, 0) is 11.0 Å². The average Bonchev–Trinajstić information content (AvgIpc) is 2.30. The summed E-state index contributed by atoms with van der Waals surface area (Å²) in [6.07, 6.45) is -4.68. The van der Waals surface area contributed by atoms with Crippen LogP contribution < -0.4 is 22.1 Å². The molecule has 0 atom stereocenters. The first-order chi connectivity index (χ1) is 8.32. The second-order valence-corrected chi connectivity index (χ2v) is 3.40. The Labute approximate surface area is 105 Å². The molecule has 0 aromatic heterocycles. The van der Waals surface area contributed by atoms with Crippen LogP contribution in [0.5, 0.6) is 0 Å². The van der Waals surface area contributed by atoms with E-state index >= 15 is 0 Å². The van der Waals surface area contributed by atoms with Crippen LogP contribution in [-0.4, -0.2) is 11.3 Å². The van der Waals surface area contributed by atoms with E-state index in [1.54, 1.807) is 0 Å². The van der Waals surface area contributed by atoms with Gasteiger partial charge in [-0.2, -0.15) is 18.7 Å². The molecule has 1 rings (SSSR count). The third-order valence-electron chi connectivity index (χ3n) is 2.05. The number of benzene rings is 1. The van der Waals surface area contributed by atoms with E-state index in [-0.39, 0.29) is 5.69 Å². The highest BCUT2D eigenvalue weighted by Gasteiger charge is 2.36. The summed E-state index contributed by atoms with van der Waals surface area (Å²) in [5.74, 6) is 4.09. The van der Waals surface area contributed by atoms with E-state index in [0.717, 1.165) is 12.1 Å². The van der Waals surface area contributed by atoms with Crippen LogP contribution in [0.4, 0.5) is 24.5 Å². The summed E-state index contributed by atoms with van der Waals surface area (Å²) < 4.78 is 38.4. The average molecular weight is 278 g/mol. The minimum absolute atomic E-state index is 0.257. The van der Waals surface area contributed by atoms with Crippen molar-refractivity contribution in [3.8, 4) is 0 Å². The number of hydrogen-bond donors (Lipinski definition) is 3. The summed E-state index contributed by atoms with van der Waals surface area (Å²) in [5.41, 5.74) is 5.34. The van der Waals surface area contributed by atoms with Crippen molar-refractivity contribution in [2.24, 2.45) is 5.84 Å². The van der Waals surface area contributed by atoms with Gasteiger partial charge in [-0.1, -0.05) is 18.3 Å². The first-order valence-corrected chi connectivity index (χ1v) is 5.01. The fraction of sp³-hybridized carbons (Fsp3) is 0.111. The number of hydrazine groups is 2. The van der Waals surface area contributed by atoms with Crippen molar-refractivity contribution in [2.45, 2.75) is 6.18 Å². The molecule has 5 nitrogen and oxygen atoms in total. The van der Waals surface area contributed by atoms with Crippen LogP contribution in [0.2, 0.25) is 0 Å². The number of alkyl halides is 3. The number of nitrogens with two attached hydrogens (primary N) is 2. The summed E-state index contributed by atoms with van der Waals surface area (Å²) in [5, 5.41) is 1.08. The van der Waals surface area contributed by atoms with E-state index in [9.17, 15) is 18.0 Å². The number of hydrogen-bond acceptors (Lipinski definition) is 5. The maximum atomic E-state index is 12.8. The van der Waals surface area contributed by atoms with Crippen LogP contribution in [0.25, 0.3) is 0 Å². The minimum Gasteiger partial charge on any atom is -0.397 e. The zero-order valence-corrected chi connectivity index (χ0v) is 9.68. The van der Waals surface area contributed by atoms with Crippen LogP contribution in [0.1, 0.15) is 5.56 Å². The quantitative estimate of drug-likeness (QED) is 0.332. The summed E-state index contributed by atoms with van der Waals surface area (Å²) in [6.45, 7) is 0. The molecule has 5 N–H and O–H groups in total. The van der Waals surface area contributed by atoms with Crippen molar-refractivity contribution in [1.82, 2.24) is 5.53 Å². The Morgan fingerprint density at radius 3 is 2.50 bits per heavy atom. The molecule has 98 valence electrons. The lowest BCUT2D eigenvalue weighted by Gasteiger charge is -2.24. The number of para-hydroxylation sites is 1. The molecule has 0 aliphatic carbocycles. The Morgan fingerprint density at radius 1 is 1.44 bits per heavy atom. The van der Waals surface area contributed by atoms with E-state index in [1.165, 1.54) is 6.07 Å². The molecule has 0 fully saturated rings. The Kier molecular flexibility index (Phi) is 4.22. The molecule has 9 heteroatoms. The molecule has 0 radical (unpaired) electrons. The van der Waals surface area contributed by atoms with Gasteiger partial charge in [-0.25, -0.2) is 5.01 Å². The third-order valence-corrected chi connectivity index (χ3v) is 2.25. The number of halogens is 3. The van der Waals surface area contributed by atoms with Gasteiger partial charge in [0.05, 0.1) is 22.3 Å². The van der Waals surface area contributed by atoms with Crippen molar-refractivity contribution in [3.63, 3.8) is 0 Å². The maximum absolute atomic E-state index is 12.8. The first kappa shape index (κ1) is 14.4. The van der Waals surface area contributed by atoms with Gasteiger partial charge in [-0.05, 0) is 12.1 Å². The topological polar surface area (TPSA) is 84.4 Å². The third kappa shape index (κ3) is 2.75. The normalized spacial score (nSPS) is 11.1. The van der Waals surface area contributed by atoms with Gasteiger partial charge in [-0.3, -0.25) is 10.6 Å². The summed E-state index contributed by atoms with van der Waals surface area (Å²) in [6, 6.07) is 3.12. The molecular formula is C9H9F3N4OS. The monoisotopic (exact) mass is 278 g/mol. The van der Waals surface area contributed by atoms with Gasteiger partial charge in [0.25, 0.3) is 5.91 Å². The van der Waals surface area contributed by atoms with Crippen LogP contribution in [0, 0.1) is 0 Å². The molecule has 0 aliphatic heterocycles. The van der Waals surface area contributed by atoms with Crippen LogP contribution in [0.15, 0.2) is 18.2 Å². The highest BCUT2D eigenvalue weighted by atomic mass is 32.1. The van der Waals surface area contributed by atoms with Crippen molar-refractivity contribution in [2.75, 3.05) is 10.7 Å². The van der Waals surface area contributed by atoms with Crippen molar-refractivity contribution < 1.29 is 18.0 Å². The van der Waals surface area contributed by atoms with E-state index in [4.69, 9.17) is 11.6 Å². The SMILES string of the molecule is NNN(C(=O)C=S)c1c(N)cccc1C(F)(F)F. The number of thiocarbonyl (C=S) groups is 1. The van der Waals surface area contributed by atoms with E-state index in [1.807, 2.05) is 5.53 Å². The maximum Gasteiger partial charge on any atom is 0.418 e. The minimum atomic E-state index is -4.68. The Bertz CT molecular complexity index is 477. The molecule has 1 amide bonds. The predicted molar refractivity (Wildman–Crippen MR) is 64.3 cm³/mol. The molecule has 0 heterocycles. The lowest BCUT2D eigenvalue weighted by Crippen LogP contribution is -2.48. The molecule has 0 saturated carbocycles. The summed E-state index contributed by atoms with van der Waals surface area (Å²) in [4.78, 5) is 11.4. The molecule has 1 aromatic rings. The Morgan fingerprint density at radius 2 is 2.06 bits per heavy atom. The fourth-order valence-corrected chi connectivity index (χ4v) is 1.44. The van der Waals surface area contributed by atoms with Gasteiger partial charge in [0, 0.05) is 0 Å². The number of nitrogen functional groups attached to an aromatic ring is 1. The number of carbonyl (C=O) groups is 1. The van der Waals surface area contributed by atoms with Crippen molar-refractivity contribution >= 4 is 34.9 Å². The molecule has 1 aromatic carbocycles. The van der Waals surface area contributed by atoms with Gasteiger partial charge >= 0.3 is 6.18 Å². The van der Waals surface area contributed by atoms with Gasteiger partial charge in [0.1, 0.15) is 0 Å². The molecular weight excluding hydrogens is 269 g/mol. The molecule has 0 saturated heterocycles. The second kappa shape index (κ2) is 5.29. The van der Waals surface area contributed by atoms with Crippen molar-refractivity contribution in [1.29, 1.82) is 0 Å². The summed E-state index contributed by atoms with van der Waals surface area (Å²) in [7, 11) is 0. The van der Waals surface area contributed by atoms with Crippen LogP contribution >= 0.6 is 12.2 Å². The van der Waals surface area contributed by atoms with E-state index in [0.29, 0.717) is 10.4 Å². The molecule has 18 heavy (non-hydrogen) atoms. The fourth-order valence-electron chi connectivity index (χ4n) is 1.33. The lowest BCUT2D eigenvalue weighted by atomic mass is 10.1. The first-order valence-electron chi connectivity index (χ1n) is 4.54. The number of carbonyl (C=O) groups excluding carboxylic acids is 1. The van der Waals surface area contributed by atoms with E-state index in [2.05, 4.69) is 12.2 Å². The standard InChI is InChI=1S/C9H9F3N4OS/c10-9(11,12)5-2-1-3-6(13)8(5)16(15-14)7(17)4-18/h1-4,15H,13-14H2. The van der Waals surface area contributed by atoms with Gasteiger partial charge in [0.2, 0.25) is 0 Å². The highest BCUT2D eigenvalue weighted by Crippen LogP contribution is 2.39. The molecule has 0 bridgehead atoms. The number of nitrogens with one attached hydrogen (secondary N) is 1. The largest absolute Gasteiger partial charge is 0.418 e. The molecule has 0 spiro atoms. The van der Waals surface area contributed by atoms with Gasteiger partial charge < -0.3 is 5.73 Å². The number of rotatable bonds is 3. The number of nitrogens with zero attached hydrogens (tertiary/aromatic N) is 1. The molecule has 0 aliphatic rings. The Hall–Kier alpha value is -1.71. The van der Waals surface area contributed by atoms with Crippen molar-refractivity contribution in [3.05, 3.63) is 23.8 Å². The van der Waals surface area contributed by atoms with Gasteiger partial charge in [0.15, 0.2) is 0 Å². The Balaban J connectivity index is 3.46. The van der Waals surface area contributed by atoms with Crippen LogP contribution in [0.3, 0.4) is 0 Å². The lowest BCUT2D eigenvalue weighted by molar-refractivity contribution is -0.137. The van der Waals surface area contributed by atoms with E-state index < -0.39 is 23.3 Å².